The topological polar surface area (TPSA) is 117 Å². The van der Waals surface area contributed by atoms with Crippen LogP contribution < -0.4 is 4.74 Å². The van der Waals surface area contributed by atoms with Gasteiger partial charge in [0.15, 0.2) is 0 Å². The van der Waals surface area contributed by atoms with Crippen LogP contribution in [0, 0.1) is 10.1 Å². The molecule has 11 heteroatoms. The predicted molar refractivity (Wildman–Crippen MR) is 122 cm³/mol. The van der Waals surface area contributed by atoms with Gasteiger partial charge in [-0.1, -0.05) is 13.3 Å². The van der Waals surface area contributed by atoms with Gasteiger partial charge in [-0.2, -0.15) is 4.31 Å². The second kappa shape index (κ2) is 9.86. The number of benzene rings is 2. The summed E-state index contributed by atoms with van der Waals surface area (Å²) in [6.45, 7) is 4.41. The zero-order chi connectivity index (χ0) is 23.4. The maximum absolute atomic E-state index is 13.0. The number of ether oxygens (including phenoxy) is 2. The van der Waals surface area contributed by atoms with Crippen molar-refractivity contribution in [3.05, 3.63) is 58.4 Å². The Balaban J connectivity index is 1.61. The second-order valence-electron chi connectivity index (χ2n) is 7.74. The Bertz CT molecular complexity index is 1230. The number of non-ortho nitro benzene ring substituents is 1. The average Bonchev–Trinajstić information content (AvgIpc) is 3.18. The zero-order valence-electron chi connectivity index (χ0n) is 18.3. The maximum Gasteiger partial charge on any atom is 0.269 e. The summed E-state index contributed by atoms with van der Waals surface area (Å²) >= 11 is 0. The fraction of sp³-hybridized carbons (Fsp3) is 0.409. The number of nitro groups is 1. The summed E-state index contributed by atoms with van der Waals surface area (Å²) in [5, 5.41) is 10.8. The molecule has 1 aliphatic rings. The number of imidazole rings is 1. The lowest BCUT2D eigenvalue weighted by molar-refractivity contribution is -0.384. The lowest BCUT2D eigenvalue weighted by Crippen LogP contribution is -2.40. The van der Waals surface area contributed by atoms with Crippen LogP contribution >= 0.6 is 0 Å². The Morgan fingerprint density at radius 2 is 1.88 bits per heavy atom. The molecule has 3 aromatic rings. The Morgan fingerprint density at radius 3 is 2.55 bits per heavy atom. The summed E-state index contributed by atoms with van der Waals surface area (Å²) in [6, 6.07) is 10.9. The van der Waals surface area contributed by atoms with E-state index < -0.39 is 14.9 Å². The van der Waals surface area contributed by atoms with Crippen molar-refractivity contribution < 1.29 is 22.8 Å². The number of rotatable bonds is 9. The van der Waals surface area contributed by atoms with Crippen LogP contribution in [-0.2, 0) is 27.9 Å². The molecule has 1 saturated heterocycles. The minimum Gasteiger partial charge on any atom is -0.486 e. The van der Waals surface area contributed by atoms with Crippen LogP contribution in [0.25, 0.3) is 11.0 Å². The first-order valence-electron chi connectivity index (χ1n) is 10.8. The largest absolute Gasteiger partial charge is 0.486 e. The van der Waals surface area contributed by atoms with E-state index in [9.17, 15) is 18.5 Å². The van der Waals surface area contributed by atoms with Gasteiger partial charge in [-0.15, -0.1) is 0 Å². The van der Waals surface area contributed by atoms with Crippen LogP contribution in [0.5, 0.6) is 5.75 Å². The molecule has 0 atom stereocenters. The highest BCUT2D eigenvalue weighted by molar-refractivity contribution is 7.89. The highest BCUT2D eigenvalue weighted by atomic mass is 32.2. The van der Waals surface area contributed by atoms with E-state index in [-0.39, 0.29) is 17.2 Å². The molecule has 1 aromatic heterocycles. The van der Waals surface area contributed by atoms with Gasteiger partial charge in [0.05, 0.1) is 34.1 Å². The van der Waals surface area contributed by atoms with E-state index in [0.717, 1.165) is 24.9 Å². The summed E-state index contributed by atoms with van der Waals surface area (Å²) in [6.07, 6.45) is 1.93. The van der Waals surface area contributed by atoms with Gasteiger partial charge in [0.25, 0.3) is 5.69 Å². The molecule has 0 amide bonds. The molecule has 0 radical (unpaired) electrons. The first-order valence-corrected chi connectivity index (χ1v) is 12.3. The van der Waals surface area contributed by atoms with Crippen molar-refractivity contribution >= 4 is 26.7 Å². The van der Waals surface area contributed by atoms with Gasteiger partial charge in [0.1, 0.15) is 18.2 Å². The van der Waals surface area contributed by atoms with Gasteiger partial charge in [0.2, 0.25) is 10.0 Å². The number of sulfonamides is 1. The Labute approximate surface area is 191 Å². The van der Waals surface area contributed by atoms with Crippen molar-refractivity contribution in [1.29, 1.82) is 0 Å². The SMILES string of the molecule is CCCCn1c(COc2ccc([N+](=O)[O-])cc2)nc2cc(S(=O)(=O)N3CCOCC3)ccc21. The molecule has 33 heavy (non-hydrogen) atoms. The minimum absolute atomic E-state index is 0.00783. The van der Waals surface area contributed by atoms with Gasteiger partial charge in [0, 0.05) is 31.8 Å². The molecule has 1 aliphatic heterocycles. The fourth-order valence-electron chi connectivity index (χ4n) is 3.74. The van der Waals surface area contributed by atoms with Gasteiger partial charge in [-0.3, -0.25) is 10.1 Å². The molecule has 176 valence electrons. The molecule has 0 spiro atoms. The number of morpholine rings is 1. The van der Waals surface area contributed by atoms with Crippen molar-refractivity contribution in [3.8, 4) is 5.75 Å². The van der Waals surface area contributed by atoms with Crippen molar-refractivity contribution in [2.24, 2.45) is 0 Å². The Hall–Kier alpha value is -3.02. The highest BCUT2D eigenvalue weighted by Gasteiger charge is 2.27. The van der Waals surface area contributed by atoms with E-state index in [1.165, 1.54) is 16.4 Å². The molecule has 0 N–H and O–H groups in total. The van der Waals surface area contributed by atoms with Crippen molar-refractivity contribution in [2.45, 2.75) is 37.8 Å². The quantitative estimate of drug-likeness (QED) is 0.345. The summed E-state index contributed by atoms with van der Waals surface area (Å²) in [5.41, 5.74) is 1.42. The van der Waals surface area contributed by atoms with Gasteiger partial charge < -0.3 is 14.0 Å². The normalized spacial score (nSPS) is 15.1. The summed E-state index contributed by atoms with van der Waals surface area (Å²) in [4.78, 5) is 15.2. The standard InChI is InChI=1S/C22H26N4O6S/c1-2-3-10-25-21-9-8-19(33(29,30)24-11-13-31-14-12-24)15-20(21)23-22(25)16-32-18-6-4-17(5-7-18)26(27)28/h4-9,15H,2-3,10-14,16H2,1H3. The maximum atomic E-state index is 13.0. The smallest absolute Gasteiger partial charge is 0.269 e. The van der Waals surface area contributed by atoms with Crippen LogP contribution in [0.15, 0.2) is 47.4 Å². The van der Waals surface area contributed by atoms with Crippen molar-refractivity contribution in [3.63, 3.8) is 0 Å². The van der Waals surface area contributed by atoms with Gasteiger partial charge >= 0.3 is 0 Å². The monoisotopic (exact) mass is 474 g/mol. The fourth-order valence-corrected chi connectivity index (χ4v) is 5.17. The highest BCUT2D eigenvalue weighted by Crippen LogP contribution is 2.25. The number of hydrogen-bond donors (Lipinski definition) is 0. The number of unbranched alkanes of at least 4 members (excludes halogenated alkanes) is 1. The lowest BCUT2D eigenvalue weighted by Gasteiger charge is -2.26. The molecule has 0 unspecified atom stereocenters. The number of hydrogen-bond acceptors (Lipinski definition) is 7. The lowest BCUT2D eigenvalue weighted by atomic mass is 10.3. The Morgan fingerprint density at radius 1 is 1.15 bits per heavy atom. The number of nitrogens with zero attached hydrogens (tertiary/aromatic N) is 4. The third-order valence-electron chi connectivity index (χ3n) is 5.56. The third-order valence-corrected chi connectivity index (χ3v) is 7.45. The molecular weight excluding hydrogens is 448 g/mol. The molecular formula is C22H26N4O6S. The van der Waals surface area contributed by atoms with Crippen LogP contribution in [0.2, 0.25) is 0 Å². The molecule has 0 aliphatic carbocycles. The zero-order valence-corrected chi connectivity index (χ0v) is 19.2. The average molecular weight is 475 g/mol. The van der Waals surface area contributed by atoms with Gasteiger partial charge in [-0.05, 0) is 36.8 Å². The van der Waals surface area contributed by atoms with E-state index in [4.69, 9.17) is 9.47 Å². The summed E-state index contributed by atoms with van der Waals surface area (Å²) in [5.74, 6) is 1.16. The van der Waals surface area contributed by atoms with E-state index in [1.807, 2.05) is 4.57 Å². The predicted octanol–water partition coefficient (Wildman–Crippen LogP) is 3.34. The van der Waals surface area contributed by atoms with Crippen LogP contribution in [0.1, 0.15) is 25.6 Å². The summed E-state index contributed by atoms with van der Waals surface area (Å²) < 4.78 is 40.7. The van der Waals surface area contributed by atoms with Crippen LogP contribution in [-0.4, -0.2) is 53.5 Å². The van der Waals surface area contributed by atoms with E-state index in [2.05, 4.69) is 11.9 Å². The molecule has 4 rings (SSSR count). The second-order valence-corrected chi connectivity index (χ2v) is 9.68. The van der Waals surface area contributed by atoms with Crippen LogP contribution in [0.3, 0.4) is 0 Å². The first kappa shape index (κ1) is 23.1. The number of nitro benzene ring substituents is 1. The summed E-state index contributed by atoms with van der Waals surface area (Å²) in [7, 11) is -3.62. The van der Waals surface area contributed by atoms with Crippen molar-refractivity contribution in [2.75, 3.05) is 26.3 Å². The van der Waals surface area contributed by atoms with Crippen LogP contribution in [0.4, 0.5) is 5.69 Å². The first-order chi connectivity index (χ1) is 15.9. The van der Waals surface area contributed by atoms with E-state index in [1.54, 1.807) is 30.3 Å². The Kier molecular flexibility index (Phi) is 6.91. The minimum atomic E-state index is -3.62. The molecule has 0 bridgehead atoms. The van der Waals surface area contributed by atoms with E-state index in [0.29, 0.717) is 43.4 Å². The molecule has 1 fully saturated rings. The molecule has 2 heterocycles. The number of fused-ring (bicyclic) bond motifs is 1. The van der Waals surface area contributed by atoms with Crippen molar-refractivity contribution in [1.82, 2.24) is 13.9 Å². The third kappa shape index (κ3) is 5.00. The van der Waals surface area contributed by atoms with E-state index >= 15 is 0 Å². The van der Waals surface area contributed by atoms with Gasteiger partial charge in [-0.25, -0.2) is 13.4 Å². The molecule has 10 nitrogen and oxygen atoms in total. The molecule has 2 aromatic carbocycles. The number of aromatic nitrogens is 2. The molecule has 0 saturated carbocycles. The number of aryl methyl sites for hydroxylation is 1.